The van der Waals surface area contributed by atoms with Crippen molar-refractivity contribution in [3.63, 3.8) is 0 Å². The van der Waals surface area contributed by atoms with Crippen molar-refractivity contribution in [2.45, 2.75) is 57.2 Å². The Morgan fingerprint density at radius 3 is 2.21 bits per heavy atom. The molecule has 4 heteroatoms. The molecular weight excluding hydrogens is 238 g/mol. The Labute approximate surface area is 119 Å². The maximum atomic E-state index is 9.38. The molecule has 1 aliphatic carbocycles. The van der Waals surface area contributed by atoms with Gasteiger partial charge >= 0.3 is 0 Å². The Balaban J connectivity index is 2.32. The summed E-state index contributed by atoms with van der Waals surface area (Å²) in [7, 11) is 6.60. The molecule has 2 N–H and O–H groups in total. The summed E-state index contributed by atoms with van der Waals surface area (Å²) in [5.74, 6) is 0. The van der Waals surface area contributed by atoms with Gasteiger partial charge in [0.15, 0.2) is 0 Å². The molecule has 0 radical (unpaired) electrons. The first-order valence-corrected chi connectivity index (χ1v) is 7.62. The minimum Gasteiger partial charge on any atom is -0.395 e. The van der Waals surface area contributed by atoms with Crippen LogP contribution in [0.15, 0.2) is 0 Å². The first-order chi connectivity index (χ1) is 8.89. The number of likely N-dealkylation sites (N-methyl/N-ethyl adjacent to an activating group) is 2. The second-order valence-electron chi connectivity index (χ2n) is 6.70. The highest BCUT2D eigenvalue weighted by atomic mass is 16.3. The van der Waals surface area contributed by atoms with Crippen molar-refractivity contribution in [3.05, 3.63) is 0 Å². The highest BCUT2D eigenvalue weighted by molar-refractivity contribution is 4.97. The van der Waals surface area contributed by atoms with E-state index in [-0.39, 0.29) is 12.6 Å². The van der Waals surface area contributed by atoms with Gasteiger partial charge in [0.1, 0.15) is 0 Å². The Bertz CT molecular complexity index is 252. The normalized spacial score (nSPS) is 20.1. The molecule has 0 aliphatic heterocycles. The van der Waals surface area contributed by atoms with Gasteiger partial charge < -0.3 is 20.2 Å². The Hall–Kier alpha value is -0.160. The maximum Gasteiger partial charge on any atom is 0.0585 e. The summed E-state index contributed by atoms with van der Waals surface area (Å²) in [6.07, 6.45) is 5.00. The third kappa shape index (κ3) is 5.03. The van der Waals surface area contributed by atoms with E-state index in [9.17, 15) is 5.11 Å². The molecule has 0 aromatic rings. The van der Waals surface area contributed by atoms with Gasteiger partial charge in [0.05, 0.1) is 6.61 Å². The molecule has 1 unspecified atom stereocenters. The Kier molecular flexibility index (Phi) is 6.74. The number of nitrogens with one attached hydrogen (secondary N) is 1. The third-order valence-electron chi connectivity index (χ3n) is 4.45. The number of hydrogen-bond acceptors (Lipinski definition) is 4. The SMILES string of the molecule is CC(C)NC(CO)CCN(C)CC1(N(C)C)CCC1. The summed E-state index contributed by atoms with van der Waals surface area (Å²) in [4.78, 5) is 4.81. The van der Waals surface area contributed by atoms with Gasteiger partial charge in [0.2, 0.25) is 0 Å². The lowest BCUT2D eigenvalue weighted by Crippen LogP contribution is -2.57. The molecular formula is C15H33N3O. The number of hydrogen-bond donors (Lipinski definition) is 2. The maximum absolute atomic E-state index is 9.38. The topological polar surface area (TPSA) is 38.7 Å². The van der Waals surface area contributed by atoms with Crippen molar-refractivity contribution in [2.75, 3.05) is 40.8 Å². The zero-order chi connectivity index (χ0) is 14.5. The van der Waals surface area contributed by atoms with Crippen molar-refractivity contribution in [3.8, 4) is 0 Å². The average molecular weight is 271 g/mol. The molecule has 4 nitrogen and oxygen atoms in total. The van der Waals surface area contributed by atoms with Crippen molar-refractivity contribution in [1.82, 2.24) is 15.1 Å². The Morgan fingerprint density at radius 1 is 1.21 bits per heavy atom. The zero-order valence-corrected chi connectivity index (χ0v) is 13.4. The van der Waals surface area contributed by atoms with Crippen LogP contribution in [-0.4, -0.2) is 73.4 Å². The fraction of sp³-hybridized carbons (Fsp3) is 1.00. The first kappa shape index (κ1) is 16.9. The molecule has 1 fully saturated rings. The standard InChI is InChI=1S/C15H33N3O/c1-13(2)16-14(11-19)7-10-18(5)12-15(17(3)4)8-6-9-15/h13-14,16,19H,6-12H2,1-5H3. The number of aliphatic hydroxyl groups is 1. The van der Waals surface area contributed by atoms with Gasteiger partial charge in [-0.05, 0) is 53.4 Å². The van der Waals surface area contributed by atoms with Crippen molar-refractivity contribution < 1.29 is 5.11 Å². The molecule has 0 aromatic carbocycles. The van der Waals surface area contributed by atoms with Gasteiger partial charge in [-0.2, -0.15) is 0 Å². The molecule has 0 spiro atoms. The molecule has 19 heavy (non-hydrogen) atoms. The average Bonchev–Trinajstić information content (AvgIpc) is 2.28. The van der Waals surface area contributed by atoms with Gasteiger partial charge in [-0.25, -0.2) is 0 Å². The minimum atomic E-state index is 0.221. The molecule has 0 heterocycles. The van der Waals surface area contributed by atoms with E-state index in [2.05, 4.69) is 50.1 Å². The molecule has 1 rings (SSSR count). The predicted octanol–water partition coefficient (Wildman–Crippen LogP) is 1.15. The monoisotopic (exact) mass is 271 g/mol. The summed E-state index contributed by atoms with van der Waals surface area (Å²) in [6, 6.07) is 0.654. The quantitative estimate of drug-likeness (QED) is 0.660. The van der Waals surface area contributed by atoms with Crippen LogP contribution in [0.4, 0.5) is 0 Å². The highest BCUT2D eigenvalue weighted by Crippen LogP contribution is 2.36. The van der Waals surface area contributed by atoms with Gasteiger partial charge in [-0.3, -0.25) is 0 Å². The number of aliphatic hydroxyl groups excluding tert-OH is 1. The molecule has 0 aromatic heterocycles. The molecule has 0 amide bonds. The van der Waals surface area contributed by atoms with Crippen LogP contribution in [0.1, 0.15) is 39.5 Å². The molecule has 0 saturated heterocycles. The van der Waals surface area contributed by atoms with Gasteiger partial charge in [-0.1, -0.05) is 13.8 Å². The fourth-order valence-corrected chi connectivity index (χ4v) is 2.99. The molecule has 1 aliphatic rings. The molecule has 114 valence electrons. The van der Waals surface area contributed by atoms with Crippen LogP contribution in [0.25, 0.3) is 0 Å². The minimum absolute atomic E-state index is 0.221. The smallest absolute Gasteiger partial charge is 0.0585 e. The van der Waals surface area contributed by atoms with Crippen molar-refractivity contribution in [2.24, 2.45) is 0 Å². The van der Waals surface area contributed by atoms with Crippen LogP contribution >= 0.6 is 0 Å². The number of nitrogens with zero attached hydrogens (tertiary/aromatic N) is 2. The summed E-state index contributed by atoms with van der Waals surface area (Å²) < 4.78 is 0. The van der Waals surface area contributed by atoms with E-state index in [1.807, 2.05) is 0 Å². The molecule has 0 bridgehead atoms. The highest BCUT2D eigenvalue weighted by Gasteiger charge is 2.39. The van der Waals surface area contributed by atoms with Crippen molar-refractivity contribution >= 4 is 0 Å². The molecule has 1 saturated carbocycles. The van der Waals surface area contributed by atoms with Crippen molar-refractivity contribution in [1.29, 1.82) is 0 Å². The Morgan fingerprint density at radius 2 is 1.84 bits per heavy atom. The second-order valence-corrected chi connectivity index (χ2v) is 6.70. The summed E-state index contributed by atoms with van der Waals surface area (Å²) in [5, 5.41) is 12.8. The lowest BCUT2D eigenvalue weighted by Gasteiger charge is -2.49. The van der Waals surface area contributed by atoms with Gasteiger partial charge in [-0.15, -0.1) is 0 Å². The summed E-state index contributed by atoms with van der Waals surface area (Å²) in [5.41, 5.74) is 0.398. The van der Waals surface area contributed by atoms with Crippen LogP contribution < -0.4 is 5.32 Å². The van der Waals surface area contributed by atoms with Crippen LogP contribution in [0.3, 0.4) is 0 Å². The van der Waals surface area contributed by atoms with E-state index in [0.29, 0.717) is 11.6 Å². The number of rotatable bonds is 9. The second kappa shape index (κ2) is 7.58. The van der Waals surface area contributed by atoms with Gasteiger partial charge in [0.25, 0.3) is 0 Å². The third-order valence-corrected chi connectivity index (χ3v) is 4.45. The first-order valence-electron chi connectivity index (χ1n) is 7.62. The van der Waals surface area contributed by atoms with E-state index in [1.54, 1.807) is 0 Å². The fourth-order valence-electron chi connectivity index (χ4n) is 2.99. The van der Waals surface area contributed by atoms with Gasteiger partial charge in [0, 0.05) is 24.2 Å². The van der Waals surface area contributed by atoms with Crippen LogP contribution in [0.2, 0.25) is 0 Å². The summed E-state index contributed by atoms with van der Waals surface area (Å²) >= 11 is 0. The largest absolute Gasteiger partial charge is 0.395 e. The van der Waals surface area contributed by atoms with E-state index in [1.165, 1.54) is 19.3 Å². The zero-order valence-electron chi connectivity index (χ0n) is 13.4. The van der Waals surface area contributed by atoms with Crippen LogP contribution in [-0.2, 0) is 0 Å². The van der Waals surface area contributed by atoms with E-state index < -0.39 is 0 Å². The summed E-state index contributed by atoms with van der Waals surface area (Å²) in [6.45, 7) is 6.66. The van der Waals surface area contributed by atoms with E-state index in [0.717, 1.165) is 19.5 Å². The van der Waals surface area contributed by atoms with E-state index >= 15 is 0 Å². The van der Waals surface area contributed by atoms with Crippen LogP contribution in [0, 0.1) is 0 Å². The van der Waals surface area contributed by atoms with E-state index in [4.69, 9.17) is 0 Å². The van der Waals surface area contributed by atoms with Crippen LogP contribution in [0.5, 0.6) is 0 Å². The lowest BCUT2D eigenvalue weighted by molar-refractivity contribution is 0.0264. The lowest BCUT2D eigenvalue weighted by atomic mass is 9.75. The molecule has 1 atom stereocenters. The predicted molar refractivity (Wildman–Crippen MR) is 81.5 cm³/mol.